The van der Waals surface area contributed by atoms with Crippen molar-refractivity contribution < 1.29 is 19.4 Å². The van der Waals surface area contributed by atoms with Gasteiger partial charge in [0.05, 0.1) is 12.5 Å². The molecule has 33 heavy (non-hydrogen) atoms. The van der Waals surface area contributed by atoms with E-state index in [-0.39, 0.29) is 18.4 Å². The van der Waals surface area contributed by atoms with Crippen molar-refractivity contribution in [3.05, 3.63) is 39.9 Å². The summed E-state index contributed by atoms with van der Waals surface area (Å²) in [6.45, 7) is 4.89. The lowest BCUT2D eigenvalue weighted by molar-refractivity contribution is -0.525. The molecule has 0 aromatic heterocycles. The maximum atomic E-state index is 13.2. The molecule has 2 amide bonds. The molecule has 1 aliphatic rings. The molecule has 0 bridgehead atoms. The molecule has 0 heterocycles. The second-order valence-electron chi connectivity index (χ2n) is 8.62. The predicted molar refractivity (Wildman–Crippen MR) is 123 cm³/mol. The quantitative estimate of drug-likeness (QED) is 0.0975. The van der Waals surface area contributed by atoms with Crippen LogP contribution in [0.1, 0.15) is 51.5 Å². The number of rotatable bonds is 13. The molecule has 0 radical (unpaired) electrons. The molecule has 0 saturated heterocycles. The summed E-state index contributed by atoms with van der Waals surface area (Å²) in [4.78, 5) is 36.3. The molecular formula is C22H34N6O5. The average Bonchev–Trinajstić information content (AvgIpc) is 3.57. The average molecular weight is 463 g/mol. The second-order valence-corrected chi connectivity index (χ2v) is 8.62. The number of carbonyl (C=O) groups excluding carboxylic acids is 2. The number of hydrogen-bond acceptors (Lipinski definition) is 6. The predicted octanol–water partition coefficient (Wildman–Crippen LogP) is 1.46. The summed E-state index contributed by atoms with van der Waals surface area (Å²) in [5.41, 5.74) is 1.96. The maximum absolute atomic E-state index is 13.2. The Morgan fingerprint density at radius 3 is 2.36 bits per heavy atom. The molecular weight excluding hydrogens is 428 g/mol. The monoisotopic (exact) mass is 462 g/mol. The number of ether oxygens (including phenoxy) is 1. The molecule has 1 fully saturated rings. The third-order valence-corrected chi connectivity index (χ3v) is 5.64. The van der Waals surface area contributed by atoms with E-state index in [1.807, 2.05) is 24.3 Å². The Labute approximate surface area is 193 Å². The first kappa shape index (κ1) is 25.9. The van der Waals surface area contributed by atoms with Crippen molar-refractivity contribution in [1.82, 2.24) is 21.4 Å². The third-order valence-electron chi connectivity index (χ3n) is 5.64. The van der Waals surface area contributed by atoms with Crippen LogP contribution in [0.5, 0.6) is 5.75 Å². The van der Waals surface area contributed by atoms with E-state index in [1.54, 1.807) is 12.5 Å². The van der Waals surface area contributed by atoms with Crippen LogP contribution in [0.25, 0.3) is 0 Å². The first-order chi connectivity index (χ1) is 15.7. The summed E-state index contributed by atoms with van der Waals surface area (Å²) in [6, 6.07) is 6.65. The van der Waals surface area contributed by atoms with Crippen molar-refractivity contribution in [2.45, 2.75) is 57.4 Å². The summed E-state index contributed by atoms with van der Waals surface area (Å²) in [5, 5.41) is 25.3. The van der Waals surface area contributed by atoms with Crippen molar-refractivity contribution in [1.29, 1.82) is 5.41 Å². The smallest absolute Gasteiger partial charge is 0.251 e. The van der Waals surface area contributed by atoms with Gasteiger partial charge in [-0.1, -0.05) is 31.4 Å². The molecule has 11 heteroatoms. The van der Waals surface area contributed by atoms with Crippen LogP contribution in [0.4, 0.5) is 0 Å². The van der Waals surface area contributed by atoms with Gasteiger partial charge in [0.25, 0.3) is 5.96 Å². The Hall–Kier alpha value is -3.37. The van der Waals surface area contributed by atoms with Gasteiger partial charge in [0.2, 0.25) is 11.8 Å². The van der Waals surface area contributed by atoms with Gasteiger partial charge in [-0.05, 0) is 55.7 Å². The topological polar surface area (TPSA) is 158 Å². The highest BCUT2D eigenvalue weighted by atomic mass is 16.7. The van der Waals surface area contributed by atoms with Gasteiger partial charge in [-0.2, -0.15) is 0 Å². The number of nitro groups is 1. The Kier molecular flexibility index (Phi) is 9.43. The molecule has 0 unspecified atom stereocenters. The van der Waals surface area contributed by atoms with Crippen LogP contribution < -0.4 is 26.1 Å². The maximum Gasteiger partial charge on any atom is 0.251 e. The molecule has 0 aliphatic heterocycles. The van der Waals surface area contributed by atoms with Crippen molar-refractivity contribution in [3.8, 4) is 5.75 Å². The van der Waals surface area contributed by atoms with Crippen molar-refractivity contribution >= 4 is 17.8 Å². The number of amides is 2. The lowest BCUT2D eigenvalue weighted by Crippen LogP contribution is -2.50. The van der Waals surface area contributed by atoms with Crippen molar-refractivity contribution in [2.75, 3.05) is 20.2 Å². The van der Waals surface area contributed by atoms with Crippen LogP contribution in [0.2, 0.25) is 0 Å². The highest BCUT2D eigenvalue weighted by Crippen LogP contribution is 2.48. The first-order valence-corrected chi connectivity index (χ1v) is 11.1. The van der Waals surface area contributed by atoms with Crippen LogP contribution in [0.15, 0.2) is 24.3 Å². The van der Waals surface area contributed by atoms with Gasteiger partial charge < -0.3 is 20.7 Å². The van der Waals surface area contributed by atoms with Gasteiger partial charge in [0.15, 0.2) is 5.03 Å². The summed E-state index contributed by atoms with van der Waals surface area (Å²) in [5.74, 6) is 0.272. The summed E-state index contributed by atoms with van der Waals surface area (Å²) >= 11 is 0. The number of hydrogen-bond donors (Lipinski definition) is 5. The van der Waals surface area contributed by atoms with Crippen LogP contribution in [0, 0.1) is 21.4 Å². The van der Waals surface area contributed by atoms with E-state index >= 15 is 0 Å². The Morgan fingerprint density at radius 1 is 1.15 bits per heavy atom. The fourth-order valence-corrected chi connectivity index (χ4v) is 3.50. The minimum absolute atomic E-state index is 0.188. The van der Waals surface area contributed by atoms with Crippen LogP contribution >= 0.6 is 0 Å². The Bertz CT molecular complexity index is 838. The molecule has 1 aromatic carbocycles. The number of nitrogens with zero attached hydrogens (tertiary/aromatic N) is 1. The standard InChI is InChI=1S/C22H34N6O5/c1-15(2)10-14-24-19(29)18(5-4-13-25-21(23)27-28(31)32)26-20(30)22(11-12-22)16-6-8-17(33-3)9-7-16/h6-9,15,18H,4-5,10-14H2,1-3H3,(H,24,29)(H,26,30)(H3,23,25,27)/t18-/m0/s1. The van der Waals surface area contributed by atoms with Gasteiger partial charge in [-0.25, -0.2) is 10.1 Å². The second kappa shape index (κ2) is 12.0. The number of hydrazine groups is 1. The van der Waals surface area contributed by atoms with E-state index < -0.39 is 22.4 Å². The lowest BCUT2D eigenvalue weighted by atomic mass is 9.94. The molecule has 1 aliphatic carbocycles. The van der Waals surface area contributed by atoms with E-state index in [2.05, 4.69) is 29.8 Å². The fourth-order valence-electron chi connectivity index (χ4n) is 3.50. The number of nitrogens with one attached hydrogen (secondary N) is 5. The normalized spacial score (nSPS) is 14.7. The molecule has 182 valence electrons. The lowest BCUT2D eigenvalue weighted by Gasteiger charge is -2.23. The SMILES string of the molecule is COc1ccc(C2(C(=O)N[C@@H](CCCNC(=N)N[N+](=O)[O-])C(=O)NCCC(C)C)CC2)cc1. The number of carbonyl (C=O) groups is 2. The van der Waals surface area contributed by atoms with Gasteiger partial charge in [0, 0.05) is 13.1 Å². The van der Waals surface area contributed by atoms with E-state index in [0.29, 0.717) is 43.9 Å². The highest BCUT2D eigenvalue weighted by Gasteiger charge is 2.51. The van der Waals surface area contributed by atoms with E-state index in [4.69, 9.17) is 10.1 Å². The van der Waals surface area contributed by atoms with Crippen molar-refractivity contribution in [3.63, 3.8) is 0 Å². The number of guanidine groups is 1. The van der Waals surface area contributed by atoms with Crippen LogP contribution in [-0.4, -0.2) is 49.0 Å². The highest BCUT2D eigenvalue weighted by molar-refractivity contribution is 5.95. The zero-order valence-electron chi connectivity index (χ0n) is 19.4. The van der Waals surface area contributed by atoms with Crippen molar-refractivity contribution in [2.24, 2.45) is 5.92 Å². The minimum atomic E-state index is -0.825. The fraction of sp³-hybridized carbons (Fsp3) is 0.591. The largest absolute Gasteiger partial charge is 0.497 e. The van der Waals surface area contributed by atoms with Gasteiger partial charge >= 0.3 is 0 Å². The molecule has 5 N–H and O–H groups in total. The molecule has 1 aromatic rings. The minimum Gasteiger partial charge on any atom is -0.497 e. The van der Waals surface area contributed by atoms with Crippen LogP contribution in [-0.2, 0) is 15.0 Å². The zero-order chi connectivity index (χ0) is 24.4. The summed E-state index contributed by atoms with van der Waals surface area (Å²) in [6.07, 6.45) is 3.00. The zero-order valence-corrected chi connectivity index (χ0v) is 19.4. The third kappa shape index (κ3) is 7.92. The first-order valence-electron chi connectivity index (χ1n) is 11.1. The summed E-state index contributed by atoms with van der Waals surface area (Å²) < 4.78 is 5.19. The molecule has 2 rings (SSSR count). The molecule has 0 spiro atoms. The molecule has 1 saturated carbocycles. The van der Waals surface area contributed by atoms with Gasteiger partial charge in [-0.15, -0.1) is 0 Å². The number of benzene rings is 1. The van der Waals surface area contributed by atoms with Gasteiger partial charge in [0.1, 0.15) is 11.8 Å². The van der Waals surface area contributed by atoms with E-state index in [0.717, 1.165) is 12.0 Å². The Balaban J connectivity index is 1.99. The Morgan fingerprint density at radius 2 is 1.82 bits per heavy atom. The summed E-state index contributed by atoms with van der Waals surface area (Å²) in [7, 11) is 1.58. The van der Waals surface area contributed by atoms with Crippen LogP contribution in [0.3, 0.4) is 0 Å². The van der Waals surface area contributed by atoms with E-state index in [1.165, 1.54) is 0 Å². The molecule has 1 atom stereocenters. The number of methoxy groups -OCH3 is 1. The van der Waals surface area contributed by atoms with E-state index in [9.17, 15) is 19.7 Å². The molecule has 11 nitrogen and oxygen atoms in total. The van der Waals surface area contributed by atoms with Gasteiger partial charge in [-0.3, -0.25) is 15.0 Å².